The van der Waals surface area contributed by atoms with Crippen molar-refractivity contribution in [2.24, 2.45) is 0 Å². The fourth-order valence-electron chi connectivity index (χ4n) is 2.66. The summed E-state index contributed by atoms with van der Waals surface area (Å²) >= 11 is 0. The summed E-state index contributed by atoms with van der Waals surface area (Å²) in [6.07, 6.45) is -1.21. The van der Waals surface area contributed by atoms with Crippen LogP contribution in [-0.2, 0) is 12.6 Å². The van der Waals surface area contributed by atoms with Gasteiger partial charge in [-0.3, -0.25) is 4.98 Å². The number of aromatic amines is 1. The lowest BCUT2D eigenvalue weighted by Crippen LogP contribution is -2.05. The van der Waals surface area contributed by atoms with E-state index in [1.807, 2.05) is 0 Å². The maximum Gasteiger partial charge on any atom is 0.416 e. The van der Waals surface area contributed by atoms with E-state index in [4.69, 9.17) is 4.74 Å². The van der Waals surface area contributed by atoms with E-state index in [-0.39, 0.29) is 0 Å². The Kier molecular flexibility index (Phi) is 3.22. The lowest BCUT2D eigenvalue weighted by molar-refractivity contribution is -0.137. The van der Waals surface area contributed by atoms with Crippen LogP contribution >= 0.6 is 0 Å². The van der Waals surface area contributed by atoms with Gasteiger partial charge < -0.3 is 4.74 Å². The quantitative estimate of drug-likeness (QED) is 0.780. The molecule has 2 aromatic heterocycles. The third-order valence-electron chi connectivity index (χ3n) is 3.81. The van der Waals surface area contributed by atoms with E-state index in [1.165, 1.54) is 6.07 Å². The summed E-state index contributed by atoms with van der Waals surface area (Å²) in [7, 11) is 0. The number of halogens is 3. The van der Waals surface area contributed by atoms with Gasteiger partial charge in [-0.15, -0.1) is 5.10 Å². The highest BCUT2D eigenvalue weighted by atomic mass is 19.4. The van der Waals surface area contributed by atoms with E-state index in [0.29, 0.717) is 29.1 Å². The number of fused-ring (bicyclic) bond motifs is 1. The predicted octanol–water partition coefficient (Wildman–Crippen LogP) is 2.96. The van der Waals surface area contributed by atoms with Gasteiger partial charge in [-0.25, -0.2) is 5.10 Å². The normalized spacial score (nSPS) is 16.7. The number of nitrogens with one attached hydrogen (secondary N) is 1. The molecule has 6 nitrogen and oxygen atoms in total. The Labute approximate surface area is 133 Å². The largest absolute Gasteiger partial charge is 0.485 e. The van der Waals surface area contributed by atoms with Crippen molar-refractivity contribution in [2.75, 3.05) is 0 Å². The Morgan fingerprint density at radius 3 is 2.79 bits per heavy atom. The minimum absolute atomic E-state index is 0.346. The van der Waals surface area contributed by atoms with Gasteiger partial charge in [0.25, 0.3) is 0 Å². The van der Waals surface area contributed by atoms with Crippen molar-refractivity contribution in [1.29, 1.82) is 0 Å². The number of ether oxygens (including phenoxy) is 1. The van der Waals surface area contributed by atoms with Crippen LogP contribution in [-0.4, -0.2) is 25.6 Å². The van der Waals surface area contributed by atoms with Crippen LogP contribution in [0.5, 0.6) is 5.75 Å². The van der Waals surface area contributed by atoms with Crippen LogP contribution < -0.4 is 4.74 Å². The maximum atomic E-state index is 12.8. The number of tetrazole rings is 1. The van der Waals surface area contributed by atoms with Gasteiger partial charge in [-0.2, -0.15) is 13.2 Å². The summed E-state index contributed by atoms with van der Waals surface area (Å²) in [4.78, 5) is 4.13. The Morgan fingerprint density at radius 1 is 1.17 bits per heavy atom. The molecule has 0 saturated heterocycles. The zero-order valence-corrected chi connectivity index (χ0v) is 12.1. The topological polar surface area (TPSA) is 76.6 Å². The molecule has 1 atom stereocenters. The summed E-state index contributed by atoms with van der Waals surface area (Å²) in [5.74, 6) is 0.916. The second-order valence-corrected chi connectivity index (χ2v) is 5.39. The first-order chi connectivity index (χ1) is 11.5. The first kappa shape index (κ1) is 14.6. The van der Waals surface area contributed by atoms with E-state index in [2.05, 4.69) is 25.6 Å². The van der Waals surface area contributed by atoms with Crippen molar-refractivity contribution in [3.8, 4) is 17.1 Å². The number of alkyl halides is 3. The second-order valence-electron chi connectivity index (χ2n) is 5.39. The van der Waals surface area contributed by atoms with E-state index in [0.717, 1.165) is 17.7 Å². The highest BCUT2D eigenvalue weighted by Crippen LogP contribution is 2.40. The van der Waals surface area contributed by atoms with Gasteiger partial charge in [-0.1, -0.05) is 0 Å². The van der Waals surface area contributed by atoms with Gasteiger partial charge in [-0.05, 0) is 40.3 Å². The fourth-order valence-corrected chi connectivity index (χ4v) is 2.66. The van der Waals surface area contributed by atoms with E-state index >= 15 is 0 Å². The molecule has 1 unspecified atom stereocenters. The highest BCUT2D eigenvalue weighted by Gasteiger charge is 2.33. The van der Waals surface area contributed by atoms with Crippen molar-refractivity contribution in [1.82, 2.24) is 25.6 Å². The first-order valence-electron chi connectivity index (χ1n) is 7.06. The van der Waals surface area contributed by atoms with Crippen LogP contribution in [0, 0.1) is 0 Å². The van der Waals surface area contributed by atoms with Gasteiger partial charge in [0.15, 0.2) is 5.82 Å². The Balaban J connectivity index is 1.62. The molecule has 3 heterocycles. The minimum atomic E-state index is -4.37. The minimum Gasteiger partial charge on any atom is -0.485 e. The van der Waals surface area contributed by atoms with Crippen LogP contribution in [0.4, 0.5) is 13.2 Å². The smallest absolute Gasteiger partial charge is 0.416 e. The third-order valence-corrected chi connectivity index (χ3v) is 3.81. The first-order valence-corrected chi connectivity index (χ1v) is 7.06. The van der Waals surface area contributed by atoms with Crippen molar-refractivity contribution in [3.63, 3.8) is 0 Å². The SMILES string of the molecule is FC(F)(F)c1ccc2c(c1)CC(c1cncc(-c3nnn[nH]3)c1)O2. The average Bonchev–Trinajstić information content (AvgIpc) is 3.23. The molecule has 0 saturated carbocycles. The lowest BCUT2D eigenvalue weighted by atomic mass is 10.0. The molecule has 3 aromatic rings. The van der Waals surface area contributed by atoms with Gasteiger partial charge in [0.1, 0.15) is 11.9 Å². The van der Waals surface area contributed by atoms with Crippen molar-refractivity contribution in [2.45, 2.75) is 18.7 Å². The third kappa shape index (κ3) is 2.57. The number of H-pyrrole nitrogens is 1. The molecule has 9 heteroatoms. The van der Waals surface area contributed by atoms with Crippen molar-refractivity contribution in [3.05, 3.63) is 53.3 Å². The zero-order chi connectivity index (χ0) is 16.7. The number of hydrogen-bond donors (Lipinski definition) is 1. The van der Waals surface area contributed by atoms with Gasteiger partial charge in [0.05, 0.1) is 5.56 Å². The monoisotopic (exact) mass is 333 g/mol. The molecule has 0 radical (unpaired) electrons. The predicted molar refractivity (Wildman–Crippen MR) is 75.9 cm³/mol. The highest BCUT2D eigenvalue weighted by molar-refractivity contribution is 5.54. The molecule has 1 N–H and O–H groups in total. The van der Waals surface area contributed by atoms with Gasteiger partial charge in [0.2, 0.25) is 0 Å². The summed E-state index contributed by atoms with van der Waals surface area (Å²) < 4.78 is 44.2. The molecule has 0 bridgehead atoms. The Bertz CT molecular complexity index is 879. The molecule has 0 spiro atoms. The summed E-state index contributed by atoms with van der Waals surface area (Å²) in [6, 6.07) is 5.31. The number of aromatic nitrogens is 5. The summed E-state index contributed by atoms with van der Waals surface area (Å²) in [6.45, 7) is 0. The number of benzene rings is 1. The Morgan fingerprint density at radius 2 is 2.04 bits per heavy atom. The molecule has 1 aliphatic heterocycles. The molecule has 0 amide bonds. The average molecular weight is 333 g/mol. The second kappa shape index (κ2) is 5.29. The fraction of sp³-hybridized carbons (Fsp3) is 0.200. The molecular weight excluding hydrogens is 323 g/mol. The molecule has 0 aliphatic carbocycles. The standard InChI is InChI=1S/C15H10F3N5O/c16-15(17,18)11-1-2-12-8(4-11)5-13(24-12)9-3-10(7-19-6-9)14-20-22-23-21-14/h1-4,6-7,13H,5H2,(H,20,21,22,23). The van der Waals surface area contributed by atoms with Crippen molar-refractivity contribution < 1.29 is 17.9 Å². The number of nitrogens with zero attached hydrogens (tertiary/aromatic N) is 4. The molecule has 4 rings (SSSR count). The van der Waals surface area contributed by atoms with E-state index < -0.39 is 17.8 Å². The van der Waals surface area contributed by atoms with Crippen LogP contribution in [0.25, 0.3) is 11.4 Å². The molecule has 122 valence electrons. The van der Waals surface area contributed by atoms with Crippen LogP contribution in [0.15, 0.2) is 36.7 Å². The molecular formula is C15H10F3N5O. The number of hydrogen-bond acceptors (Lipinski definition) is 5. The van der Waals surface area contributed by atoms with Crippen LogP contribution in [0.1, 0.15) is 22.8 Å². The van der Waals surface area contributed by atoms with Crippen molar-refractivity contribution >= 4 is 0 Å². The molecule has 1 aromatic carbocycles. The number of pyridine rings is 1. The van der Waals surface area contributed by atoms with E-state index in [9.17, 15) is 13.2 Å². The summed E-state index contributed by atoms with van der Waals surface area (Å²) in [5, 5.41) is 13.5. The summed E-state index contributed by atoms with van der Waals surface area (Å²) in [5.41, 5.74) is 1.27. The molecule has 1 aliphatic rings. The molecule has 24 heavy (non-hydrogen) atoms. The maximum absolute atomic E-state index is 12.8. The van der Waals surface area contributed by atoms with Gasteiger partial charge in [0, 0.05) is 29.9 Å². The molecule has 0 fully saturated rings. The van der Waals surface area contributed by atoms with Gasteiger partial charge >= 0.3 is 6.18 Å². The lowest BCUT2D eigenvalue weighted by Gasteiger charge is -2.11. The Hall–Kier alpha value is -2.97. The van der Waals surface area contributed by atoms with E-state index in [1.54, 1.807) is 18.5 Å². The van der Waals surface area contributed by atoms with Crippen LogP contribution in [0.3, 0.4) is 0 Å². The number of rotatable bonds is 2. The zero-order valence-electron chi connectivity index (χ0n) is 12.1. The van der Waals surface area contributed by atoms with Crippen LogP contribution in [0.2, 0.25) is 0 Å².